The first kappa shape index (κ1) is 11.1. The van der Waals surface area contributed by atoms with Gasteiger partial charge in [0.1, 0.15) is 5.75 Å². The van der Waals surface area contributed by atoms with Crippen molar-refractivity contribution in [2.24, 2.45) is 0 Å². The number of ether oxygens (including phenoxy) is 1. The van der Waals surface area contributed by atoms with Crippen molar-refractivity contribution in [2.45, 2.75) is 43.4 Å². The molecule has 1 aromatic rings. The predicted octanol–water partition coefficient (Wildman–Crippen LogP) is 1.66. The van der Waals surface area contributed by atoms with E-state index in [0.717, 1.165) is 24.2 Å². The van der Waals surface area contributed by atoms with Gasteiger partial charge in [0.2, 0.25) is 0 Å². The van der Waals surface area contributed by atoms with Crippen molar-refractivity contribution in [3.05, 3.63) is 29.8 Å². The van der Waals surface area contributed by atoms with Crippen LogP contribution in [-0.4, -0.2) is 30.4 Å². The van der Waals surface area contributed by atoms with E-state index >= 15 is 0 Å². The lowest BCUT2D eigenvalue weighted by molar-refractivity contribution is 0.0796. The smallest absolute Gasteiger partial charge is 0.122 e. The van der Waals surface area contributed by atoms with Crippen LogP contribution in [0.2, 0.25) is 0 Å². The van der Waals surface area contributed by atoms with E-state index in [2.05, 4.69) is 11.4 Å². The highest BCUT2D eigenvalue weighted by molar-refractivity contribution is 5.38. The van der Waals surface area contributed by atoms with E-state index < -0.39 is 0 Å². The summed E-state index contributed by atoms with van der Waals surface area (Å²) < 4.78 is 5.41. The van der Waals surface area contributed by atoms with Crippen LogP contribution in [0.15, 0.2) is 24.3 Å². The van der Waals surface area contributed by atoms with Crippen LogP contribution in [0.1, 0.15) is 30.7 Å². The Labute approximate surface area is 102 Å². The van der Waals surface area contributed by atoms with Crippen LogP contribution in [0.5, 0.6) is 5.75 Å². The first-order valence-corrected chi connectivity index (χ1v) is 6.36. The third-order valence-electron chi connectivity index (χ3n) is 4.18. The second-order valence-corrected chi connectivity index (χ2v) is 5.12. The van der Waals surface area contributed by atoms with Crippen molar-refractivity contribution in [3.63, 3.8) is 0 Å². The van der Waals surface area contributed by atoms with E-state index in [-0.39, 0.29) is 18.1 Å². The molecule has 4 atom stereocenters. The Morgan fingerprint density at radius 1 is 1.29 bits per heavy atom. The summed E-state index contributed by atoms with van der Waals surface area (Å²) >= 11 is 0. The van der Waals surface area contributed by atoms with Gasteiger partial charge in [-0.05, 0) is 30.9 Å². The third-order valence-corrected chi connectivity index (χ3v) is 4.18. The van der Waals surface area contributed by atoms with Crippen LogP contribution in [0.4, 0.5) is 0 Å². The summed E-state index contributed by atoms with van der Waals surface area (Å²) in [5, 5.41) is 13.9. The molecule has 0 aromatic heterocycles. The minimum absolute atomic E-state index is 0.213. The molecule has 0 aliphatic carbocycles. The Morgan fingerprint density at radius 2 is 2.12 bits per heavy atom. The van der Waals surface area contributed by atoms with Crippen molar-refractivity contribution < 1.29 is 9.84 Å². The molecule has 92 valence electrons. The molecule has 3 heteroatoms. The Balaban J connectivity index is 1.93. The molecule has 3 rings (SSSR count). The molecular formula is C14H19NO2. The first-order chi connectivity index (χ1) is 8.29. The van der Waals surface area contributed by atoms with Gasteiger partial charge in [0.15, 0.2) is 0 Å². The molecular weight excluding hydrogens is 214 g/mol. The van der Waals surface area contributed by atoms with Crippen LogP contribution in [0.25, 0.3) is 0 Å². The average molecular weight is 233 g/mol. The Bertz CT molecular complexity index is 407. The fourth-order valence-corrected chi connectivity index (χ4v) is 3.32. The number of aliphatic hydroxyl groups is 1. The Kier molecular flexibility index (Phi) is 2.81. The fourth-order valence-electron chi connectivity index (χ4n) is 3.32. The van der Waals surface area contributed by atoms with Crippen molar-refractivity contribution in [1.82, 2.24) is 5.32 Å². The van der Waals surface area contributed by atoms with Gasteiger partial charge in [-0.1, -0.05) is 18.2 Å². The highest BCUT2D eigenvalue weighted by atomic mass is 16.5. The summed E-state index contributed by atoms with van der Waals surface area (Å²) in [5.74, 6) is 1.11. The Morgan fingerprint density at radius 3 is 2.94 bits per heavy atom. The maximum Gasteiger partial charge on any atom is 0.122 e. The van der Waals surface area contributed by atoms with E-state index in [4.69, 9.17) is 4.74 Å². The number of piperidine rings is 1. The molecule has 2 fully saturated rings. The van der Waals surface area contributed by atoms with Gasteiger partial charge >= 0.3 is 0 Å². The number of methoxy groups -OCH3 is 1. The van der Waals surface area contributed by atoms with Gasteiger partial charge in [-0.2, -0.15) is 0 Å². The summed E-state index contributed by atoms with van der Waals surface area (Å²) in [7, 11) is 1.70. The van der Waals surface area contributed by atoms with Crippen molar-refractivity contribution in [1.29, 1.82) is 0 Å². The number of benzene rings is 1. The molecule has 2 aliphatic rings. The minimum atomic E-state index is -0.287. The lowest BCUT2D eigenvalue weighted by Gasteiger charge is -2.35. The number of nitrogens with one attached hydrogen (secondary N) is 1. The molecule has 0 amide bonds. The highest BCUT2D eigenvalue weighted by Crippen LogP contribution is 2.40. The van der Waals surface area contributed by atoms with Crippen LogP contribution in [-0.2, 0) is 0 Å². The Hall–Kier alpha value is -1.06. The number of rotatable bonds is 2. The summed E-state index contributed by atoms with van der Waals surface area (Å²) in [6, 6.07) is 8.89. The minimum Gasteiger partial charge on any atom is -0.496 e. The first-order valence-electron chi connectivity index (χ1n) is 6.36. The van der Waals surface area contributed by atoms with Crippen LogP contribution in [0, 0.1) is 0 Å². The van der Waals surface area contributed by atoms with Crippen LogP contribution < -0.4 is 10.1 Å². The summed E-state index contributed by atoms with van der Waals surface area (Å²) in [6.45, 7) is 0. The van der Waals surface area contributed by atoms with Crippen LogP contribution >= 0.6 is 0 Å². The second-order valence-electron chi connectivity index (χ2n) is 5.12. The van der Waals surface area contributed by atoms with E-state index in [9.17, 15) is 5.11 Å². The highest BCUT2D eigenvalue weighted by Gasteiger charge is 2.41. The monoisotopic (exact) mass is 233 g/mol. The largest absolute Gasteiger partial charge is 0.496 e. The normalized spacial score (nSPS) is 35.9. The molecule has 2 bridgehead atoms. The molecule has 1 aromatic carbocycles. The maximum atomic E-state index is 10.4. The van der Waals surface area contributed by atoms with E-state index in [1.54, 1.807) is 7.11 Å². The zero-order valence-electron chi connectivity index (χ0n) is 10.1. The fraction of sp³-hybridized carbons (Fsp3) is 0.571. The molecule has 2 saturated heterocycles. The third kappa shape index (κ3) is 1.83. The van der Waals surface area contributed by atoms with Crippen LogP contribution in [0.3, 0.4) is 0 Å². The summed E-state index contributed by atoms with van der Waals surface area (Å²) in [6.07, 6.45) is 3.01. The van der Waals surface area contributed by atoms with Gasteiger partial charge in [0.25, 0.3) is 0 Å². The molecule has 3 nitrogen and oxygen atoms in total. The molecule has 0 spiro atoms. The predicted molar refractivity (Wildman–Crippen MR) is 66.3 cm³/mol. The van der Waals surface area contributed by atoms with Gasteiger partial charge in [-0.3, -0.25) is 0 Å². The summed E-state index contributed by atoms with van der Waals surface area (Å²) in [5.41, 5.74) is 1.15. The lowest BCUT2D eigenvalue weighted by Crippen LogP contribution is -2.47. The van der Waals surface area contributed by atoms with Gasteiger partial charge in [-0.25, -0.2) is 0 Å². The molecule has 0 unspecified atom stereocenters. The van der Waals surface area contributed by atoms with Gasteiger partial charge in [0, 0.05) is 18.0 Å². The number of hydrogen-bond acceptors (Lipinski definition) is 3. The molecule has 17 heavy (non-hydrogen) atoms. The van der Waals surface area contributed by atoms with Gasteiger partial charge in [0.05, 0.1) is 13.2 Å². The summed E-state index contributed by atoms with van der Waals surface area (Å²) in [4.78, 5) is 0. The molecule has 2 N–H and O–H groups in total. The van der Waals surface area contributed by atoms with E-state index in [0.29, 0.717) is 6.04 Å². The topological polar surface area (TPSA) is 41.5 Å². The zero-order chi connectivity index (χ0) is 11.8. The quantitative estimate of drug-likeness (QED) is 0.816. The molecule has 0 radical (unpaired) electrons. The lowest BCUT2D eigenvalue weighted by atomic mass is 9.83. The van der Waals surface area contributed by atoms with Crippen molar-refractivity contribution >= 4 is 0 Å². The zero-order valence-corrected chi connectivity index (χ0v) is 10.1. The second kappa shape index (κ2) is 4.31. The number of hydrogen-bond donors (Lipinski definition) is 2. The maximum absolute atomic E-state index is 10.4. The van der Waals surface area contributed by atoms with Crippen molar-refractivity contribution in [2.75, 3.05) is 7.11 Å². The number of fused-ring (bicyclic) bond motifs is 2. The van der Waals surface area contributed by atoms with E-state index in [1.807, 2.05) is 18.2 Å². The standard InChI is InChI=1S/C14H19NO2/c1-17-13-5-3-2-4-10(13)11-8-9-6-7-12(15-9)14(11)16/h2-5,9,11-12,14-16H,6-8H2,1H3/t9-,11+,12-,14+/m1/s1. The van der Waals surface area contributed by atoms with Gasteiger partial charge in [-0.15, -0.1) is 0 Å². The van der Waals surface area contributed by atoms with E-state index in [1.165, 1.54) is 6.42 Å². The number of para-hydroxylation sites is 1. The average Bonchev–Trinajstić information content (AvgIpc) is 2.78. The molecule has 2 aliphatic heterocycles. The molecule has 0 saturated carbocycles. The molecule has 2 heterocycles. The SMILES string of the molecule is COc1ccccc1[C@@H]1C[C@H]2CC[C@@H](N2)[C@H]1O. The van der Waals surface area contributed by atoms with Crippen molar-refractivity contribution in [3.8, 4) is 5.75 Å². The van der Waals surface area contributed by atoms with Gasteiger partial charge < -0.3 is 15.2 Å². The number of aliphatic hydroxyl groups excluding tert-OH is 1.